The highest BCUT2D eigenvalue weighted by Crippen LogP contribution is 2.30. The number of benzene rings is 1. The lowest BCUT2D eigenvalue weighted by atomic mass is 9.99. The minimum absolute atomic E-state index is 0.323. The van der Waals surface area contributed by atoms with Crippen LogP contribution in [0.3, 0.4) is 0 Å². The van der Waals surface area contributed by atoms with Crippen LogP contribution >= 0.6 is 15.9 Å². The molecule has 0 N–H and O–H groups in total. The van der Waals surface area contributed by atoms with E-state index < -0.39 is 11.8 Å². The molecule has 1 heterocycles. The number of carbonyl (C=O) groups excluding carboxylic acids is 1. The highest BCUT2D eigenvalue weighted by atomic mass is 79.9. The molecule has 110 valence electrons. The van der Waals surface area contributed by atoms with Crippen molar-refractivity contribution in [1.82, 2.24) is 4.98 Å². The Morgan fingerprint density at radius 1 is 1.29 bits per heavy atom. The topological polar surface area (TPSA) is 48.4 Å². The molecular weight excluding hydrogens is 341 g/mol. The Morgan fingerprint density at radius 3 is 2.67 bits per heavy atom. The molecule has 0 atom stereocenters. The van der Waals surface area contributed by atoms with E-state index in [1.165, 1.54) is 20.3 Å². The molecular formula is C15H13BrFNO3. The summed E-state index contributed by atoms with van der Waals surface area (Å²) in [6.45, 7) is 0. The van der Waals surface area contributed by atoms with Crippen molar-refractivity contribution in [2.24, 2.45) is 0 Å². The summed E-state index contributed by atoms with van der Waals surface area (Å²) in [6, 6.07) is 6.47. The second-order valence-electron chi connectivity index (χ2n) is 4.20. The van der Waals surface area contributed by atoms with Gasteiger partial charge in [-0.3, -0.25) is 0 Å². The molecule has 2 aromatic rings. The van der Waals surface area contributed by atoms with E-state index in [0.717, 1.165) is 11.8 Å². The maximum absolute atomic E-state index is 14.0. The van der Waals surface area contributed by atoms with E-state index in [2.05, 4.69) is 25.7 Å². The van der Waals surface area contributed by atoms with Crippen LogP contribution in [0.1, 0.15) is 15.9 Å². The lowest BCUT2D eigenvalue weighted by Gasteiger charge is -2.11. The number of alkyl halides is 1. The first kappa shape index (κ1) is 15.4. The van der Waals surface area contributed by atoms with E-state index in [9.17, 15) is 9.18 Å². The molecule has 0 saturated heterocycles. The Balaban J connectivity index is 2.56. The number of ether oxygens (including phenoxy) is 2. The van der Waals surface area contributed by atoms with Crippen LogP contribution in [0.15, 0.2) is 30.5 Å². The van der Waals surface area contributed by atoms with Crippen LogP contribution in [0.25, 0.3) is 11.1 Å². The molecule has 0 spiro atoms. The molecule has 0 aliphatic rings. The van der Waals surface area contributed by atoms with Crippen molar-refractivity contribution in [1.29, 1.82) is 0 Å². The summed E-state index contributed by atoms with van der Waals surface area (Å²) in [7, 11) is 2.78. The molecule has 1 aromatic carbocycles. The van der Waals surface area contributed by atoms with Crippen LogP contribution < -0.4 is 4.74 Å². The number of hydrogen-bond acceptors (Lipinski definition) is 4. The van der Waals surface area contributed by atoms with Gasteiger partial charge >= 0.3 is 5.97 Å². The number of nitrogens with zero attached hydrogens (tertiary/aromatic N) is 1. The summed E-state index contributed by atoms with van der Waals surface area (Å²) in [5.74, 6) is -0.565. The molecule has 0 bridgehead atoms. The van der Waals surface area contributed by atoms with E-state index in [1.54, 1.807) is 18.2 Å². The van der Waals surface area contributed by atoms with Gasteiger partial charge in [0.25, 0.3) is 0 Å². The number of aromatic nitrogens is 1. The lowest BCUT2D eigenvalue weighted by molar-refractivity contribution is 0.0600. The quantitative estimate of drug-likeness (QED) is 0.622. The Labute approximate surface area is 130 Å². The van der Waals surface area contributed by atoms with Crippen LogP contribution in [-0.4, -0.2) is 25.2 Å². The van der Waals surface area contributed by atoms with Crippen molar-refractivity contribution >= 4 is 21.9 Å². The van der Waals surface area contributed by atoms with E-state index in [-0.39, 0.29) is 0 Å². The molecule has 21 heavy (non-hydrogen) atoms. The highest BCUT2D eigenvalue weighted by Gasteiger charge is 2.14. The number of esters is 1. The van der Waals surface area contributed by atoms with Crippen LogP contribution in [0, 0.1) is 5.82 Å². The van der Waals surface area contributed by atoms with Gasteiger partial charge in [0.2, 0.25) is 5.88 Å². The van der Waals surface area contributed by atoms with Crippen molar-refractivity contribution in [3.05, 3.63) is 47.4 Å². The van der Waals surface area contributed by atoms with Gasteiger partial charge in [-0.05, 0) is 23.3 Å². The van der Waals surface area contributed by atoms with E-state index in [1.807, 2.05) is 0 Å². The number of pyridine rings is 1. The zero-order chi connectivity index (χ0) is 15.4. The normalized spacial score (nSPS) is 10.3. The van der Waals surface area contributed by atoms with Crippen molar-refractivity contribution in [3.63, 3.8) is 0 Å². The molecule has 0 saturated carbocycles. The Kier molecular flexibility index (Phi) is 4.90. The monoisotopic (exact) mass is 353 g/mol. The molecule has 1 aromatic heterocycles. The molecule has 0 fully saturated rings. The SMILES string of the molecule is COC(=O)c1ccc(-c2cc(OC)ncc2F)c(CBr)c1. The molecule has 0 amide bonds. The number of carbonyl (C=O) groups is 1. The van der Waals surface area contributed by atoms with E-state index >= 15 is 0 Å². The minimum atomic E-state index is -0.455. The van der Waals surface area contributed by atoms with Gasteiger partial charge in [-0.2, -0.15) is 0 Å². The van der Waals surface area contributed by atoms with Crippen LogP contribution in [0.4, 0.5) is 4.39 Å². The van der Waals surface area contributed by atoms with Crippen molar-refractivity contribution in [3.8, 4) is 17.0 Å². The van der Waals surface area contributed by atoms with Gasteiger partial charge < -0.3 is 9.47 Å². The average Bonchev–Trinajstić information content (AvgIpc) is 2.54. The molecule has 6 heteroatoms. The Bertz CT molecular complexity index is 676. The minimum Gasteiger partial charge on any atom is -0.481 e. The predicted octanol–water partition coefficient (Wildman–Crippen LogP) is 3.58. The summed E-state index contributed by atoms with van der Waals surface area (Å²) < 4.78 is 23.7. The smallest absolute Gasteiger partial charge is 0.337 e. The third-order valence-corrected chi connectivity index (χ3v) is 3.60. The molecule has 0 radical (unpaired) electrons. The predicted molar refractivity (Wildman–Crippen MR) is 80.2 cm³/mol. The average molecular weight is 354 g/mol. The lowest BCUT2D eigenvalue weighted by Crippen LogP contribution is -2.03. The number of halogens is 2. The first-order valence-electron chi connectivity index (χ1n) is 6.07. The molecule has 4 nitrogen and oxygen atoms in total. The second-order valence-corrected chi connectivity index (χ2v) is 4.76. The number of hydrogen-bond donors (Lipinski definition) is 0. The van der Waals surface area contributed by atoms with Gasteiger partial charge in [0, 0.05) is 17.0 Å². The van der Waals surface area contributed by atoms with E-state index in [4.69, 9.17) is 4.74 Å². The molecule has 0 unspecified atom stereocenters. The van der Waals surface area contributed by atoms with Gasteiger partial charge in [0.15, 0.2) is 0 Å². The fourth-order valence-electron chi connectivity index (χ4n) is 1.95. The highest BCUT2D eigenvalue weighted by molar-refractivity contribution is 9.08. The zero-order valence-corrected chi connectivity index (χ0v) is 13.1. The zero-order valence-electron chi connectivity index (χ0n) is 11.5. The van der Waals surface area contributed by atoms with Crippen LogP contribution in [0.5, 0.6) is 5.88 Å². The van der Waals surface area contributed by atoms with Crippen molar-refractivity contribution in [2.75, 3.05) is 14.2 Å². The second kappa shape index (κ2) is 6.67. The standard InChI is InChI=1S/C15H13BrFNO3/c1-20-14-6-12(13(17)8-18-14)11-4-3-9(15(19)21-2)5-10(11)7-16/h3-6,8H,7H2,1-2H3. The summed E-state index contributed by atoms with van der Waals surface area (Å²) in [5.41, 5.74) is 2.22. The van der Waals surface area contributed by atoms with Gasteiger partial charge in [0.1, 0.15) is 5.82 Å². The number of rotatable bonds is 4. The molecule has 0 aliphatic carbocycles. The van der Waals surface area contributed by atoms with Crippen molar-refractivity contribution in [2.45, 2.75) is 5.33 Å². The summed E-state index contributed by atoms with van der Waals surface area (Å²) in [4.78, 5) is 15.4. The fraction of sp³-hybridized carbons (Fsp3) is 0.200. The fourth-order valence-corrected chi connectivity index (χ4v) is 2.41. The Hall–Kier alpha value is -1.95. The maximum atomic E-state index is 14.0. The third-order valence-electron chi connectivity index (χ3n) is 3.00. The van der Waals surface area contributed by atoms with Crippen LogP contribution in [-0.2, 0) is 10.1 Å². The summed E-state index contributed by atoms with van der Waals surface area (Å²) >= 11 is 3.35. The molecule has 2 rings (SSSR count). The Morgan fingerprint density at radius 2 is 2.05 bits per heavy atom. The summed E-state index contributed by atoms with van der Waals surface area (Å²) in [5, 5.41) is 0.469. The van der Waals surface area contributed by atoms with E-state index in [0.29, 0.717) is 27.9 Å². The van der Waals surface area contributed by atoms with Crippen molar-refractivity contribution < 1.29 is 18.7 Å². The first-order valence-corrected chi connectivity index (χ1v) is 7.20. The van der Waals surface area contributed by atoms with Gasteiger partial charge in [0.05, 0.1) is 26.0 Å². The number of methoxy groups -OCH3 is 2. The van der Waals surface area contributed by atoms with Gasteiger partial charge in [-0.25, -0.2) is 14.2 Å². The maximum Gasteiger partial charge on any atom is 0.337 e. The summed E-state index contributed by atoms with van der Waals surface area (Å²) in [6.07, 6.45) is 1.11. The third kappa shape index (κ3) is 3.21. The van der Waals surface area contributed by atoms with Gasteiger partial charge in [-0.15, -0.1) is 0 Å². The first-order chi connectivity index (χ1) is 10.1. The largest absolute Gasteiger partial charge is 0.481 e. The van der Waals surface area contributed by atoms with Crippen LogP contribution in [0.2, 0.25) is 0 Å². The molecule has 0 aliphatic heterocycles. The van der Waals surface area contributed by atoms with Gasteiger partial charge in [-0.1, -0.05) is 22.0 Å².